The van der Waals surface area contributed by atoms with Gasteiger partial charge in [-0.25, -0.2) is 0 Å². The molecule has 4 heteroatoms. The zero-order chi connectivity index (χ0) is 19.1. The van der Waals surface area contributed by atoms with Crippen molar-refractivity contribution in [3.63, 3.8) is 0 Å². The van der Waals surface area contributed by atoms with Gasteiger partial charge in [0.15, 0.2) is 0 Å². The maximum atomic E-state index is 6.56. The Morgan fingerprint density at radius 1 is 1.08 bits per heavy atom. The van der Waals surface area contributed by atoms with Crippen LogP contribution in [0.1, 0.15) is 37.0 Å². The summed E-state index contributed by atoms with van der Waals surface area (Å²) in [4.78, 5) is 2.22. The minimum Gasteiger partial charge on any atom is -0.396 e. The van der Waals surface area contributed by atoms with Crippen molar-refractivity contribution in [2.24, 2.45) is 11.5 Å². The van der Waals surface area contributed by atoms with E-state index < -0.39 is 0 Å². The molecule has 4 nitrogen and oxygen atoms in total. The van der Waals surface area contributed by atoms with E-state index in [1.54, 1.807) is 0 Å². The summed E-state index contributed by atoms with van der Waals surface area (Å²) in [5.74, 6) is 0. The van der Waals surface area contributed by atoms with Crippen LogP contribution in [0.5, 0.6) is 0 Å². The van der Waals surface area contributed by atoms with E-state index in [2.05, 4.69) is 47.1 Å². The Morgan fingerprint density at radius 3 is 2.35 bits per heavy atom. The fourth-order valence-corrected chi connectivity index (χ4v) is 3.23. The molecule has 138 valence electrons. The first-order chi connectivity index (χ1) is 12.7. The average Bonchev–Trinajstić information content (AvgIpc) is 2.68. The summed E-state index contributed by atoms with van der Waals surface area (Å²) in [6.45, 7) is 9.57. The van der Waals surface area contributed by atoms with E-state index in [9.17, 15) is 0 Å². The van der Waals surface area contributed by atoms with Gasteiger partial charge in [-0.2, -0.15) is 0 Å². The summed E-state index contributed by atoms with van der Waals surface area (Å²) < 4.78 is 0. The molecule has 0 aromatic heterocycles. The number of hydrogen-bond acceptors (Lipinski definition) is 4. The van der Waals surface area contributed by atoms with Crippen molar-refractivity contribution in [3.05, 3.63) is 77.5 Å². The highest BCUT2D eigenvalue weighted by molar-refractivity contribution is 5.94. The molecule has 2 aromatic rings. The van der Waals surface area contributed by atoms with Gasteiger partial charge in [-0.1, -0.05) is 62.9 Å². The maximum Gasteiger partial charge on any atom is 0.0655 e. The molecular formula is C22H30N4. The molecule has 1 aliphatic rings. The zero-order valence-corrected chi connectivity index (χ0v) is 16.0. The first-order valence-electron chi connectivity index (χ1n) is 9.18. The highest BCUT2D eigenvalue weighted by Gasteiger charge is 2.22. The Morgan fingerprint density at radius 2 is 1.69 bits per heavy atom. The predicted molar refractivity (Wildman–Crippen MR) is 113 cm³/mol. The molecule has 0 unspecified atom stereocenters. The maximum absolute atomic E-state index is 6.56. The van der Waals surface area contributed by atoms with E-state index in [1.807, 2.05) is 39.1 Å². The molecule has 3 rings (SSSR count). The highest BCUT2D eigenvalue weighted by atomic mass is 15.1. The molecule has 0 aliphatic carbocycles. The van der Waals surface area contributed by atoms with Gasteiger partial charge in [0.25, 0.3) is 0 Å². The first kappa shape index (κ1) is 19.6. The number of para-hydroxylation sites is 1. The molecule has 2 aromatic carbocycles. The van der Waals surface area contributed by atoms with Gasteiger partial charge in [0, 0.05) is 30.4 Å². The molecule has 5 N–H and O–H groups in total. The Bertz CT molecular complexity index is 792. The SMILES string of the molecule is C=C(CCN)N1Cc2ccccc2/C(NC)=C(/N)c2ccccc21.CC. The molecule has 0 atom stereocenters. The average molecular weight is 351 g/mol. The van der Waals surface area contributed by atoms with E-state index >= 15 is 0 Å². The number of nitrogens with two attached hydrogens (primary N) is 2. The monoisotopic (exact) mass is 350 g/mol. The van der Waals surface area contributed by atoms with Gasteiger partial charge in [-0.05, 0) is 24.6 Å². The van der Waals surface area contributed by atoms with Crippen LogP contribution in [-0.2, 0) is 6.54 Å². The van der Waals surface area contributed by atoms with Gasteiger partial charge < -0.3 is 21.7 Å². The topological polar surface area (TPSA) is 67.3 Å². The first-order valence-corrected chi connectivity index (χ1v) is 9.18. The molecule has 0 saturated heterocycles. The summed E-state index contributed by atoms with van der Waals surface area (Å²) in [5, 5.41) is 3.28. The van der Waals surface area contributed by atoms with Gasteiger partial charge in [0.2, 0.25) is 0 Å². The molecule has 0 amide bonds. The Balaban J connectivity index is 0.00000117. The fourth-order valence-electron chi connectivity index (χ4n) is 3.23. The lowest BCUT2D eigenvalue weighted by atomic mass is 9.95. The van der Waals surface area contributed by atoms with Crippen molar-refractivity contribution >= 4 is 17.1 Å². The molecule has 26 heavy (non-hydrogen) atoms. The number of anilines is 1. The van der Waals surface area contributed by atoms with Crippen molar-refractivity contribution in [3.8, 4) is 0 Å². The van der Waals surface area contributed by atoms with Crippen LogP contribution in [0, 0.1) is 0 Å². The summed E-state index contributed by atoms with van der Waals surface area (Å²) in [6, 6.07) is 16.5. The van der Waals surface area contributed by atoms with Crippen LogP contribution in [-0.4, -0.2) is 13.6 Å². The predicted octanol–water partition coefficient (Wildman–Crippen LogP) is 3.90. The lowest BCUT2D eigenvalue weighted by molar-refractivity contribution is 0.827. The van der Waals surface area contributed by atoms with Gasteiger partial charge >= 0.3 is 0 Å². The van der Waals surface area contributed by atoms with Crippen molar-refractivity contribution in [1.82, 2.24) is 5.32 Å². The summed E-state index contributed by atoms with van der Waals surface area (Å²) in [7, 11) is 1.91. The molecule has 0 bridgehead atoms. The van der Waals surface area contributed by atoms with Crippen LogP contribution >= 0.6 is 0 Å². The van der Waals surface area contributed by atoms with Crippen LogP contribution < -0.4 is 21.7 Å². The third-order valence-electron chi connectivity index (χ3n) is 4.43. The minimum atomic E-state index is 0.576. The lowest BCUT2D eigenvalue weighted by Crippen LogP contribution is -2.28. The number of nitrogens with zero attached hydrogens (tertiary/aromatic N) is 1. The summed E-state index contributed by atoms with van der Waals surface area (Å²) in [5.41, 5.74) is 19.4. The van der Waals surface area contributed by atoms with Crippen LogP contribution in [0.25, 0.3) is 11.4 Å². The minimum absolute atomic E-state index is 0.576. The molecule has 1 aliphatic heterocycles. The Kier molecular flexibility index (Phi) is 6.87. The Hall–Kier alpha value is -2.72. The van der Waals surface area contributed by atoms with E-state index in [-0.39, 0.29) is 0 Å². The molecule has 0 fully saturated rings. The third-order valence-corrected chi connectivity index (χ3v) is 4.43. The van der Waals surface area contributed by atoms with Gasteiger partial charge in [0.1, 0.15) is 0 Å². The quantitative estimate of drug-likeness (QED) is 0.782. The van der Waals surface area contributed by atoms with Crippen molar-refractivity contribution in [2.75, 3.05) is 18.5 Å². The van der Waals surface area contributed by atoms with Gasteiger partial charge in [-0.3, -0.25) is 0 Å². The standard InChI is InChI=1S/C20H24N4.C2H6/c1-14(11-12-21)24-13-15-7-3-4-8-16(15)20(23-2)19(22)17-9-5-6-10-18(17)24;1-2/h3-10,23H,1,11-13,21-22H2,2H3;1-2H3/b20-19-;. The fraction of sp³-hybridized carbons (Fsp3) is 0.273. The molecule has 1 heterocycles. The number of rotatable bonds is 4. The van der Waals surface area contributed by atoms with Crippen LogP contribution in [0.4, 0.5) is 5.69 Å². The molecular weight excluding hydrogens is 320 g/mol. The number of fused-ring (bicyclic) bond motifs is 2. The molecule has 0 radical (unpaired) electrons. The van der Waals surface area contributed by atoms with Crippen molar-refractivity contribution < 1.29 is 0 Å². The number of benzene rings is 2. The zero-order valence-electron chi connectivity index (χ0n) is 16.0. The van der Waals surface area contributed by atoms with E-state index in [4.69, 9.17) is 11.5 Å². The van der Waals surface area contributed by atoms with Gasteiger partial charge in [0.05, 0.1) is 17.1 Å². The second kappa shape index (κ2) is 9.11. The van der Waals surface area contributed by atoms with E-state index in [1.165, 1.54) is 5.56 Å². The van der Waals surface area contributed by atoms with E-state index in [0.29, 0.717) is 6.54 Å². The smallest absolute Gasteiger partial charge is 0.0655 e. The summed E-state index contributed by atoms with van der Waals surface area (Å²) in [6.07, 6.45) is 0.749. The van der Waals surface area contributed by atoms with E-state index in [0.717, 1.165) is 46.9 Å². The van der Waals surface area contributed by atoms with Crippen LogP contribution in [0.2, 0.25) is 0 Å². The number of nitrogens with one attached hydrogen (secondary N) is 1. The third kappa shape index (κ3) is 3.75. The second-order valence-corrected chi connectivity index (χ2v) is 5.90. The van der Waals surface area contributed by atoms with Crippen LogP contribution in [0.15, 0.2) is 60.8 Å². The van der Waals surface area contributed by atoms with Crippen LogP contribution in [0.3, 0.4) is 0 Å². The lowest BCUT2D eigenvalue weighted by Gasteiger charge is -2.32. The normalized spacial score (nSPS) is 15.6. The van der Waals surface area contributed by atoms with Gasteiger partial charge in [-0.15, -0.1) is 0 Å². The molecule has 0 spiro atoms. The highest BCUT2D eigenvalue weighted by Crippen LogP contribution is 2.36. The van der Waals surface area contributed by atoms with Crippen molar-refractivity contribution in [2.45, 2.75) is 26.8 Å². The second-order valence-electron chi connectivity index (χ2n) is 5.90. The summed E-state index contributed by atoms with van der Waals surface area (Å²) >= 11 is 0. The number of hydrogen-bond donors (Lipinski definition) is 3. The molecule has 0 saturated carbocycles. The Labute approximate surface area is 157 Å². The largest absolute Gasteiger partial charge is 0.396 e. The van der Waals surface area contributed by atoms with Crippen molar-refractivity contribution in [1.29, 1.82) is 0 Å².